The zero-order valence-corrected chi connectivity index (χ0v) is 17.1. The van der Waals surface area contributed by atoms with Crippen molar-refractivity contribution in [2.75, 3.05) is 13.1 Å². The molecule has 2 atom stereocenters. The van der Waals surface area contributed by atoms with Gasteiger partial charge in [-0.15, -0.1) is 11.3 Å². The Morgan fingerprint density at radius 2 is 1.96 bits per heavy atom. The first-order valence-electron chi connectivity index (χ1n) is 9.53. The average molecular weight is 413 g/mol. The first-order chi connectivity index (χ1) is 13.7. The monoisotopic (exact) mass is 412 g/mol. The minimum atomic E-state index is 0.0546. The number of rotatable bonds is 6. The first kappa shape index (κ1) is 19.1. The van der Waals surface area contributed by atoms with Crippen molar-refractivity contribution in [2.45, 2.75) is 25.4 Å². The molecular weight excluding hydrogens is 390 g/mol. The molecule has 4 rings (SSSR count). The number of benzene rings is 2. The topological polar surface area (TPSA) is 46.4 Å². The van der Waals surface area contributed by atoms with Crippen LogP contribution in [0.15, 0.2) is 60.0 Å². The second-order valence-electron chi connectivity index (χ2n) is 7.25. The van der Waals surface area contributed by atoms with Crippen LogP contribution in [0.25, 0.3) is 10.6 Å². The van der Waals surface area contributed by atoms with Gasteiger partial charge in [-0.05, 0) is 12.1 Å². The Bertz CT molecular complexity index is 926. The lowest BCUT2D eigenvalue weighted by molar-refractivity contribution is -0.901. The Morgan fingerprint density at radius 1 is 1.18 bits per heavy atom. The Hall–Kier alpha value is -2.21. The van der Waals surface area contributed by atoms with Crippen LogP contribution in [0.3, 0.4) is 0 Å². The fourth-order valence-electron chi connectivity index (χ4n) is 3.66. The van der Waals surface area contributed by atoms with Crippen LogP contribution in [0.2, 0.25) is 5.02 Å². The van der Waals surface area contributed by atoms with E-state index < -0.39 is 0 Å². The van der Waals surface area contributed by atoms with Crippen LogP contribution in [-0.2, 0) is 17.8 Å². The van der Waals surface area contributed by atoms with Gasteiger partial charge in [0.25, 0.3) is 0 Å². The number of thiazole rings is 1. The molecule has 2 N–H and O–H groups in total. The highest BCUT2D eigenvalue weighted by atomic mass is 35.5. The number of hydrogen-bond acceptors (Lipinski definition) is 3. The molecule has 1 aliphatic rings. The molecule has 0 saturated carbocycles. The fraction of sp³-hybridized carbons (Fsp3) is 0.273. The summed E-state index contributed by atoms with van der Waals surface area (Å²) >= 11 is 7.49. The molecule has 3 aromatic rings. The van der Waals surface area contributed by atoms with Gasteiger partial charge in [-0.1, -0.05) is 54.1 Å². The Balaban J connectivity index is 1.27. The molecule has 2 aromatic carbocycles. The lowest BCUT2D eigenvalue weighted by Crippen LogP contribution is -3.09. The molecule has 1 aliphatic heterocycles. The van der Waals surface area contributed by atoms with Crippen molar-refractivity contribution >= 4 is 28.8 Å². The zero-order valence-electron chi connectivity index (χ0n) is 15.5. The third kappa shape index (κ3) is 4.98. The van der Waals surface area contributed by atoms with Crippen LogP contribution in [0.1, 0.15) is 17.7 Å². The summed E-state index contributed by atoms with van der Waals surface area (Å²) in [5, 5.41) is 6.77. The summed E-state index contributed by atoms with van der Waals surface area (Å²) in [6.45, 7) is 3.09. The Labute approximate surface area is 174 Å². The molecule has 1 saturated heterocycles. The normalized spacial score (nSPS) is 18.9. The minimum absolute atomic E-state index is 0.0546. The van der Waals surface area contributed by atoms with E-state index in [9.17, 15) is 4.79 Å². The van der Waals surface area contributed by atoms with Crippen molar-refractivity contribution in [3.05, 3.63) is 76.3 Å². The van der Waals surface area contributed by atoms with Crippen LogP contribution >= 0.6 is 22.9 Å². The maximum atomic E-state index is 12.5. The van der Waals surface area contributed by atoms with Gasteiger partial charge < -0.3 is 10.2 Å². The van der Waals surface area contributed by atoms with Crippen molar-refractivity contribution < 1.29 is 9.69 Å². The number of likely N-dealkylation sites (tertiary alicyclic amines) is 1. The second-order valence-corrected chi connectivity index (χ2v) is 8.54. The van der Waals surface area contributed by atoms with E-state index in [4.69, 9.17) is 11.6 Å². The summed E-state index contributed by atoms with van der Waals surface area (Å²) in [5.41, 5.74) is 3.19. The third-order valence-corrected chi connectivity index (χ3v) is 6.22. The van der Waals surface area contributed by atoms with Gasteiger partial charge >= 0.3 is 0 Å². The molecular formula is C22H23ClN3OS+. The molecule has 0 spiro atoms. The smallest absolute Gasteiger partial charge is 0.226 e. The van der Waals surface area contributed by atoms with Gasteiger partial charge in [0.15, 0.2) is 0 Å². The molecule has 2 heterocycles. The molecule has 0 radical (unpaired) electrons. The van der Waals surface area contributed by atoms with E-state index in [0.29, 0.717) is 11.4 Å². The SMILES string of the molecule is O=C(Cc1csc(-c2ccc(Cl)cc2)n1)N[C@H]1CC[NH+](Cc2ccccc2)C1. The standard InChI is InChI=1S/C22H22ClN3OS/c23-18-8-6-17(7-9-18)22-25-20(15-28-22)12-21(27)24-19-10-11-26(14-19)13-16-4-2-1-3-5-16/h1-9,15,19H,10-14H2,(H,24,27)/p+1/t19-/m0/s1. The number of halogens is 1. The summed E-state index contributed by atoms with van der Waals surface area (Å²) in [7, 11) is 0. The van der Waals surface area contributed by atoms with Crippen molar-refractivity contribution in [2.24, 2.45) is 0 Å². The third-order valence-electron chi connectivity index (χ3n) is 5.03. The molecule has 1 unspecified atom stereocenters. The quantitative estimate of drug-likeness (QED) is 0.653. The lowest BCUT2D eigenvalue weighted by Gasteiger charge is -2.14. The maximum absolute atomic E-state index is 12.5. The summed E-state index contributed by atoms with van der Waals surface area (Å²) in [4.78, 5) is 18.6. The van der Waals surface area contributed by atoms with E-state index in [-0.39, 0.29) is 11.9 Å². The predicted molar refractivity (Wildman–Crippen MR) is 114 cm³/mol. The molecule has 1 aromatic heterocycles. The van der Waals surface area contributed by atoms with E-state index in [1.165, 1.54) is 10.5 Å². The van der Waals surface area contributed by atoms with Gasteiger partial charge in [0.05, 0.1) is 31.2 Å². The number of nitrogens with zero attached hydrogens (tertiary/aromatic N) is 1. The summed E-state index contributed by atoms with van der Waals surface area (Å²) in [6, 6.07) is 18.4. The summed E-state index contributed by atoms with van der Waals surface area (Å²) < 4.78 is 0. The second kappa shape index (κ2) is 8.86. The number of quaternary nitrogens is 1. The number of nitrogens with one attached hydrogen (secondary N) is 2. The van der Waals surface area contributed by atoms with Crippen LogP contribution < -0.4 is 10.2 Å². The number of hydrogen-bond donors (Lipinski definition) is 2. The lowest BCUT2D eigenvalue weighted by atomic mass is 10.2. The molecule has 144 valence electrons. The van der Waals surface area contributed by atoms with Crippen molar-refractivity contribution in [3.63, 3.8) is 0 Å². The van der Waals surface area contributed by atoms with Gasteiger partial charge in [-0.2, -0.15) is 0 Å². The van der Waals surface area contributed by atoms with Gasteiger partial charge in [0.1, 0.15) is 11.6 Å². The molecule has 1 amide bonds. The highest BCUT2D eigenvalue weighted by molar-refractivity contribution is 7.13. The number of carbonyl (C=O) groups excluding carboxylic acids is 1. The molecule has 4 nitrogen and oxygen atoms in total. The highest BCUT2D eigenvalue weighted by Crippen LogP contribution is 2.25. The maximum Gasteiger partial charge on any atom is 0.226 e. The molecule has 28 heavy (non-hydrogen) atoms. The van der Waals surface area contributed by atoms with Gasteiger partial charge in [-0.25, -0.2) is 4.98 Å². The molecule has 0 aliphatic carbocycles. The molecule has 1 fully saturated rings. The van der Waals surface area contributed by atoms with E-state index in [2.05, 4.69) is 34.6 Å². The Morgan fingerprint density at radius 3 is 2.75 bits per heavy atom. The van der Waals surface area contributed by atoms with Gasteiger partial charge in [0, 0.05) is 28.0 Å². The van der Waals surface area contributed by atoms with Crippen LogP contribution in [0.5, 0.6) is 0 Å². The van der Waals surface area contributed by atoms with Crippen molar-refractivity contribution in [3.8, 4) is 10.6 Å². The van der Waals surface area contributed by atoms with E-state index >= 15 is 0 Å². The average Bonchev–Trinajstić information content (AvgIpc) is 3.33. The predicted octanol–water partition coefficient (Wildman–Crippen LogP) is 2.98. The fourth-order valence-corrected chi connectivity index (χ4v) is 4.61. The largest absolute Gasteiger partial charge is 0.347 e. The highest BCUT2D eigenvalue weighted by Gasteiger charge is 2.27. The summed E-state index contributed by atoms with van der Waals surface area (Å²) in [5.74, 6) is 0.0546. The van der Waals surface area contributed by atoms with Crippen LogP contribution in [0, 0.1) is 0 Å². The molecule has 0 bridgehead atoms. The molecule has 6 heteroatoms. The van der Waals surface area contributed by atoms with Gasteiger partial charge in [0.2, 0.25) is 5.91 Å². The van der Waals surface area contributed by atoms with Crippen LogP contribution in [0.4, 0.5) is 0 Å². The van der Waals surface area contributed by atoms with E-state index in [0.717, 1.165) is 42.3 Å². The zero-order chi connectivity index (χ0) is 19.3. The van der Waals surface area contributed by atoms with E-state index in [1.54, 1.807) is 11.3 Å². The Kier molecular flexibility index (Phi) is 6.05. The number of carbonyl (C=O) groups is 1. The summed E-state index contributed by atoms with van der Waals surface area (Å²) in [6.07, 6.45) is 1.36. The van der Waals surface area contributed by atoms with E-state index in [1.807, 2.05) is 35.7 Å². The number of amides is 1. The number of aromatic nitrogens is 1. The minimum Gasteiger partial charge on any atom is -0.347 e. The van der Waals surface area contributed by atoms with Crippen molar-refractivity contribution in [1.82, 2.24) is 10.3 Å². The van der Waals surface area contributed by atoms with Crippen molar-refractivity contribution in [1.29, 1.82) is 0 Å². The first-order valence-corrected chi connectivity index (χ1v) is 10.8. The van der Waals surface area contributed by atoms with Gasteiger partial charge in [-0.3, -0.25) is 4.79 Å². The van der Waals surface area contributed by atoms with Crippen LogP contribution in [-0.4, -0.2) is 30.0 Å².